The van der Waals surface area contributed by atoms with Crippen molar-refractivity contribution in [1.82, 2.24) is 0 Å². The zero-order valence-electron chi connectivity index (χ0n) is 9.40. The topological polar surface area (TPSA) is 35.2 Å². The number of hydrogen-bond donors (Lipinski definition) is 1. The fourth-order valence-corrected chi connectivity index (χ4v) is 1.84. The van der Waals surface area contributed by atoms with E-state index in [9.17, 15) is 0 Å². The number of halogens is 1. The summed E-state index contributed by atoms with van der Waals surface area (Å²) in [6.45, 7) is 1.26. The highest BCUT2D eigenvalue weighted by Crippen LogP contribution is 2.10. The molecule has 0 saturated heterocycles. The van der Waals surface area contributed by atoms with E-state index in [-0.39, 0.29) is 0 Å². The van der Waals surface area contributed by atoms with E-state index in [1.165, 1.54) is 9.13 Å². The van der Waals surface area contributed by atoms with E-state index in [0.717, 1.165) is 11.3 Å². The third-order valence-electron chi connectivity index (χ3n) is 2.43. The molecular weight excluding hydrogens is 325 g/mol. The van der Waals surface area contributed by atoms with Gasteiger partial charge in [0, 0.05) is 9.26 Å². The Hall–Kier alpha value is -1.07. The van der Waals surface area contributed by atoms with E-state index in [1.807, 2.05) is 24.3 Å². The van der Waals surface area contributed by atoms with Gasteiger partial charge < -0.3 is 10.5 Å². The van der Waals surface area contributed by atoms with Crippen molar-refractivity contribution < 1.29 is 4.74 Å². The molecule has 0 amide bonds. The van der Waals surface area contributed by atoms with E-state index < -0.39 is 0 Å². The Morgan fingerprint density at radius 3 is 1.82 bits per heavy atom. The second kappa shape index (κ2) is 6.02. The van der Waals surface area contributed by atoms with Crippen molar-refractivity contribution in [3.8, 4) is 0 Å². The Balaban J connectivity index is 1.83. The summed E-state index contributed by atoms with van der Waals surface area (Å²) in [5.41, 5.74) is 8.74. The molecule has 0 heterocycles. The Morgan fingerprint density at radius 2 is 1.29 bits per heavy atom. The van der Waals surface area contributed by atoms with Gasteiger partial charge in [0.15, 0.2) is 0 Å². The van der Waals surface area contributed by atoms with Gasteiger partial charge in [-0.25, -0.2) is 0 Å². The fraction of sp³-hybridized carbons (Fsp3) is 0.143. The lowest BCUT2D eigenvalue weighted by atomic mass is 10.2. The summed E-state index contributed by atoms with van der Waals surface area (Å²) in [6, 6.07) is 16.1. The van der Waals surface area contributed by atoms with Crippen molar-refractivity contribution in [2.24, 2.45) is 0 Å². The van der Waals surface area contributed by atoms with Crippen molar-refractivity contribution in [2.75, 3.05) is 5.73 Å². The first-order valence-corrected chi connectivity index (χ1v) is 6.48. The van der Waals surface area contributed by atoms with Crippen LogP contribution in [0, 0.1) is 3.57 Å². The Labute approximate surface area is 115 Å². The predicted octanol–water partition coefficient (Wildman–Crippen LogP) is 3.59. The molecule has 0 aliphatic heterocycles. The summed E-state index contributed by atoms with van der Waals surface area (Å²) in [5, 5.41) is 0. The Morgan fingerprint density at radius 1 is 0.824 bits per heavy atom. The minimum Gasteiger partial charge on any atom is -0.399 e. The van der Waals surface area contributed by atoms with Crippen LogP contribution in [0.2, 0.25) is 0 Å². The zero-order chi connectivity index (χ0) is 12.1. The minimum absolute atomic E-state index is 0.617. The lowest BCUT2D eigenvalue weighted by Gasteiger charge is -2.05. The van der Waals surface area contributed by atoms with Crippen molar-refractivity contribution in [1.29, 1.82) is 0 Å². The van der Waals surface area contributed by atoms with E-state index >= 15 is 0 Å². The molecule has 0 aliphatic carbocycles. The van der Waals surface area contributed by atoms with Crippen LogP contribution in [0.25, 0.3) is 0 Å². The average Bonchev–Trinajstić information content (AvgIpc) is 2.34. The van der Waals surface area contributed by atoms with Gasteiger partial charge in [0.1, 0.15) is 0 Å². The van der Waals surface area contributed by atoms with Crippen LogP contribution >= 0.6 is 22.6 Å². The third-order valence-corrected chi connectivity index (χ3v) is 3.15. The Bertz CT molecular complexity index is 419. The molecule has 0 fully saturated rings. The third kappa shape index (κ3) is 4.02. The van der Waals surface area contributed by atoms with Crippen LogP contribution in [-0.4, -0.2) is 0 Å². The maximum Gasteiger partial charge on any atom is 0.0721 e. The van der Waals surface area contributed by atoms with Gasteiger partial charge in [-0.15, -0.1) is 0 Å². The molecule has 0 aromatic heterocycles. The molecule has 0 saturated carbocycles. The molecule has 2 aromatic rings. The molecular formula is C14H14INO. The van der Waals surface area contributed by atoms with Crippen LogP contribution in [0.3, 0.4) is 0 Å². The van der Waals surface area contributed by atoms with Crippen LogP contribution in [0.1, 0.15) is 11.1 Å². The van der Waals surface area contributed by atoms with Crippen LogP contribution < -0.4 is 5.73 Å². The van der Waals surface area contributed by atoms with Crippen LogP contribution in [0.15, 0.2) is 48.5 Å². The number of nitrogens with two attached hydrogens (primary N) is 1. The molecule has 0 radical (unpaired) electrons. The molecule has 2 aromatic carbocycles. The summed E-state index contributed by atoms with van der Waals surface area (Å²) >= 11 is 2.29. The largest absolute Gasteiger partial charge is 0.399 e. The van der Waals surface area contributed by atoms with E-state index in [1.54, 1.807) is 0 Å². The van der Waals surface area contributed by atoms with Crippen LogP contribution in [-0.2, 0) is 18.0 Å². The summed E-state index contributed by atoms with van der Waals surface area (Å²) in [5.74, 6) is 0. The molecule has 2 nitrogen and oxygen atoms in total. The van der Waals surface area contributed by atoms with Gasteiger partial charge in [-0.3, -0.25) is 0 Å². The quantitative estimate of drug-likeness (QED) is 0.683. The molecule has 0 bridgehead atoms. The Kier molecular flexibility index (Phi) is 4.39. The highest BCUT2D eigenvalue weighted by Gasteiger charge is 1.95. The highest BCUT2D eigenvalue weighted by atomic mass is 127. The maximum absolute atomic E-state index is 5.64. The van der Waals surface area contributed by atoms with Gasteiger partial charge in [0.2, 0.25) is 0 Å². The lowest BCUT2D eigenvalue weighted by Crippen LogP contribution is -1.94. The first-order chi connectivity index (χ1) is 8.24. The van der Waals surface area contributed by atoms with Gasteiger partial charge in [0.25, 0.3) is 0 Å². The van der Waals surface area contributed by atoms with Crippen molar-refractivity contribution in [3.05, 3.63) is 63.2 Å². The molecule has 0 unspecified atom stereocenters. The van der Waals surface area contributed by atoms with Gasteiger partial charge in [0.05, 0.1) is 13.2 Å². The zero-order valence-corrected chi connectivity index (χ0v) is 11.6. The summed E-state index contributed by atoms with van der Waals surface area (Å²) in [4.78, 5) is 0. The predicted molar refractivity (Wildman–Crippen MR) is 78.5 cm³/mol. The van der Waals surface area contributed by atoms with Gasteiger partial charge in [-0.2, -0.15) is 0 Å². The number of anilines is 1. The number of nitrogen functional groups attached to an aromatic ring is 1. The number of hydrogen-bond acceptors (Lipinski definition) is 2. The van der Waals surface area contributed by atoms with Crippen LogP contribution in [0.4, 0.5) is 5.69 Å². The second-order valence-electron chi connectivity index (χ2n) is 3.86. The maximum atomic E-state index is 5.64. The first kappa shape index (κ1) is 12.4. The number of rotatable bonds is 4. The van der Waals surface area contributed by atoms with Crippen molar-refractivity contribution in [2.45, 2.75) is 13.2 Å². The average molecular weight is 339 g/mol. The molecule has 0 aliphatic rings. The molecule has 88 valence electrons. The van der Waals surface area contributed by atoms with E-state index in [0.29, 0.717) is 13.2 Å². The summed E-state index contributed by atoms with van der Waals surface area (Å²) in [7, 11) is 0. The monoisotopic (exact) mass is 339 g/mol. The van der Waals surface area contributed by atoms with Gasteiger partial charge in [-0.1, -0.05) is 24.3 Å². The summed E-state index contributed by atoms with van der Waals surface area (Å²) < 4.78 is 6.88. The first-order valence-electron chi connectivity index (χ1n) is 5.40. The lowest BCUT2D eigenvalue weighted by molar-refractivity contribution is 0.107. The smallest absolute Gasteiger partial charge is 0.0721 e. The minimum atomic E-state index is 0.617. The standard InChI is InChI=1S/C14H14INO/c15-13-5-1-11(2-6-13)9-17-10-12-3-7-14(16)8-4-12/h1-8H,9-10,16H2. The second-order valence-corrected chi connectivity index (χ2v) is 5.11. The highest BCUT2D eigenvalue weighted by molar-refractivity contribution is 14.1. The number of ether oxygens (including phenoxy) is 1. The number of benzene rings is 2. The molecule has 2 rings (SSSR count). The molecule has 0 atom stereocenters. The van der Waals surface area contributed by atoms with E-state index in [2.05, 4.69) is 46.9 Å². The SMILES string of the molecule is Nc1ccc(COCc2ccc(I)cc2)cc1. The van der Waals surface area contributed by atoms with Gasteiger partial charge >= 0.3 is 0 Å². The van der Waals surface area contributed by atoms with E-state index in [4.69, 9.17) is 10.5 Å². The molecule has 17 heavy (non-hydrogen) atoms. The molecule has 3 heteroatoms. The summed E-state index contributed by atoms with van der Waals surface area (Å²) in [6.07, 6.45) is 0. The van der Waals surface area contributed by atoms with Crippen LogP contribution in [0.5, 0.6) is 0 Å². The van der Waals surface area contributed by atoms with Gasteiger partial charge in [-0.05, 0) is 58.0 Å². The molecule has 2 N–H and O–H groups in total. The van der Waals surface area contributed by atoms with Crippen molar-refractivity contribution >= 4 is 28.3 Å². The molecule has 0 spiro atoms. The van der Waals surface area contributed by atoms with Crippen molar-refractivity contribution in [3.63, 3.8) is 0 Å². The fourth-order valence-electron chi connectivity index (χ4n) is 1.48. The normalized spacial score (nSPS) is 10.4.